The van der Waals surface area contributed by atoms with Gasteiger partial charge >= 0.3 is 0 Å². The number of hydrogen-bond acceptors (Lipinski definition) is 2. The van der Waals surface area contributed by atoms with Crippen molar-refractivity contribution >= 4 is 11.6 Å². The van der Waals surface area contributed by atoms with Crippen molar-refractivity contribution in [2.45, 2.75) is 38.6 Å². The lowest BCUT2D eigenvalue weighted by molar-refractivity contribution is 0.0810. The molecule has 2 nitrogen and oxygen atoms in total. The van der Waals surface area contributed by atoms with Crippen LogP contribution >= 0.6 is 11.6 Å². The molecule has 0 spiro atoms. The van der Waals surface area contributed by atoms with Gasteiger partial charge in [0, 0.05) is 30.1 Å². The lowest BCUT2D eigenvalue weighted by Gasteiger charge is -2.35. The van der Waals surface area contributed by atoms with E-state index in [0.29, 0.717) is 6.61 Å². The Morgan fingerprint density at radius 2 is 1.78 bits per heavy atom. The molecule has 1 saturated carbocycles. The molecule has 100 valence electrons. The van der Waals surface area contributed by atoms with Crippen LogP contribution in [0.15, 0.2) is 24.3 Å². The van der Waals surface area contributed by atoms with Crippen molar-refractivity contribution in [3.63, 3.8) is 0 Å². The Morgan fingerprint density at radius 1 is 1.11 bits per heavy atom. The average molecular weight is 268 g/mol. The molecule has 0 aromatic heterocycles. The molecule has 1 fully saturated rings. The maximum absolute atomic E-state index is 9.62. The molecule has 1 aromatic carbocycles. The first-order valence-electron chi connectivity index (χ1n) is 6.80. The number of halogens is 1. The minimum absolute atomic E-state index is 0.116. The molecule has 2 N–H and O–H groups in total. The third kappa shape index (κ3) is 3.71. The van der Waals surface area contributed by atoms with Crippen LogP contribution in [-0.2, 0) is 6.54 Å². The zero-order valence-electron chi connectivity index (χ0n) is 10.8. The van der Waals surface area contributed by atoms with Crippen LogP contribution in [0.25, 0.3) is 0 Å². The SMILES string of the molecule is OCC1(CNCc2ccc(Cl)cc2)CCCCC1. The summed E-state index contributed by atoms with van der Waals surface area (Å²) in [6.45, 7) is 2.06. The molecule has 0 aliphatic heterocycles. The molecule has 0 atom stereocenters. The predicted molar refractivity (Wildman–Crippen MR) is 75.8 cm³/mol. The monoisotopic (exact) mass is 267 g/mol. The van der Waals surface area contributed by atoms with Gasteiger partial charge in [-0.1, -0.05) is 43.0 Å². The number of aliphatic hydroxyl groups is 1. The van der Waals surface area contributed by atoms with E-state index in [1.807, 2.05) is 24.3 Å². The average Bonchev–Trinajstić information content (AvgIpc) is 2.42. The molecule has 1 aromatic rings. The first kappa shape index (κ1) is 13.9. The van der Waals surface area contributed by atoms with Crippen LogP contribution in [0.5, 0.6) is 0 Å². The van der Waals surface area contributed by atoms with Gasteiger partial charge < -0.3 is 10.4 Å². The van der Waals surface area contributed by atoms with Crippen LogP contribution in [0.3, 0.4) is 0 Å². The fourth-order valence-electron chi connectivity index (χ4n) is 2.77. The normalized spacial score (nSPS) is 18.8. The number of aliphatic hydroxyl groups excluding tert-OH is 1. The number of benzene rings is 1. The minimum Gasteiger partial charge on any atom is -0.396 e. The first-order valence-corrected chi connectivity index (χ1v) is 7.18. The topological polar surface area (TPSA) is 32.3 Å². The van der Waals surface area contributed by atoms with Gasteiger partial charge in [0.15, 0.2) is 0 Å². The number of hydrogen-bond donors (Lipinski definition) is 2. The molecule has 1 aliphatic carbocycles. The Kier molecular flexibility index (Phi) is 5.04. The van der Waals surface area contributed by atoms with Gasteiger partial charge in [0.25, 0.3) is 0 Å². The molecular weight excluding hydrogens is 246 g/mol. The molecule has 0 bridgehead atoms. The van der Waals surface area contributed by atoms with Gasteiger partial charge in [-0.3, -0.25) is 0 Å². The van der Waals surface area contributed by atoms with Gasteiger partial charge in [0.1, 0.15) is 0 Å². The molecule has 0 amide bonds. The van der Waals surface area contributed by atoms with E-state index < -0.39 is 0 Å². The summed E-state index contributed by atoms with van der Waals surface area (Å²) in [6, 6.07) is 7.92. The second-order valence-corrected chi connectivity index (χ2v) is 5.89. The molecule has 3 heteroatoms. The molecule has 1 aliphatic rings. The van der Waals surface area contributed by atoms with Gasteiger partial charge in [-0.15, -0.1) is 0 Å². The Labute approximate surface area is 114 Å². The van der Waals surface area contributed by atoms with Crippen molar-refractivity contribution in [1.29, 1.82) is 0 Å². The summed E-state index contributed by atoms with van der Waals surface area (Å²) in [7, 11) is 0. The van der Waals surface area contributed by atoms with E-state index in [4.69, 9.17) is 11.6 Å². The molecule has 0 saturated heterocycles. The van der Waals surface area contributed by atoms with E-state index in [0.717, 1.165) is 31.0 Å². The van der Waals surface area contributed by atoms with E-state index >= 15 is 0 Å². The second-order valence-electron chi connectivity index (χ2n) is 5.45. The predicted octanol–water partition coefficient (Wildman–Crippen LogP) is 3.37. The van der Waals surface area contributed by atoms with Gasteiger partial charge in [-0.25, -0.2) is 0 Å². The maximum Gasteiger partial charge on any atom is 0.0499 e. The van der Waals surface area contributed by atoms with Gasteiger partial charge in [0.05, 0.1) is 0 Å². The summed E-state index contributed by atoms with van der Waals surface area (Å²) in [5.41, 5.74) is 1.35. The standard InChI is InChI=1S/C15H22ClNO/c16-14-6-4-13(5-7-14)10-17-11-15(12-18)8-2-1-3-9-15/h4-7,17-18H,1-3,8-12H2. The lowest BCUT2D eigenvalue weighted by atomic mass is 9.74. The van der Waals surface area contributed by atoms with Crippen molar-refractivity contribution in [2.24, 2.45) is 5.41 Å². The zero-order valence-corrected chi connectivity index (χ0v) is 11.5. The van der Waals surface area contributed by atoms with E-state index in [1.165, 1.54) is 24.8 Å². The maximum atomic E-state index is 9.62. The Hall–Kier alpha value is -0.570. The second kappa shape index (κ2) is 6.55. The van der Waals surface area contributed by atoms with Crippen LogP contribution in [0, 0.1) is 5.41 Å². The largest absolute Gasteiger partial charge is 0.396 e. The molecule has 0 radical (unpaired) electrons. The molecule has 0 unspecified atom stereocenters. The Bertz CT molecular complexity index is 357. The quantitative estimate of drug-likeness (QED) is 0.857. The molecule has 0 heterocycles. The fourth-order valence-corrected chi connectivity index (χ4v) is 2.89. The molecule has 18 heavy (non-hydrogen) atoms. The van der Waals surface area contributed by atoms with Gasteiger partial charge in [-0.2, -0.15) is 0 Å². The number of rotatable bonds is 5. The number of nitrogens with one attached hydrogen (secondary N) is 1. The Balaban J connectivity index is 1.81. The summed E-state index contributed by atoms with van der Waals surface area (Å²) in [6.07, 6.45) is 6.12. The van der Waals surface area contributed by atoms with Crippen LogP contribution in [0.1, 0.15) is 37.7 Å². The van der Waals surface area contributed by atoms with Crippen molar-refractivity contribution < 1.29 is 5.11 Å². The van der Waals surface area contributed by atoms with E-state index in [1.54, 1.807) is 0 Å². The fraction of sp³-hybridized carbons (Fsp3) is 0.600. The van der Waals surface area contributed by atoms with Crippen molar-refractivity contribution in [2.75, 3.05) is 13.2 Å². The third-order valence-corrected chi connectivity index (χ3v) is 4.24. The van der Waals surface area contributed by atoms with Crippen molar-refractivity contribution in [3.05, 3.63) is 34.9 Å². The van der Waals surface area contributed by atoms with Crippen LogP contribution in [0.2, 0.25) is 5.02 Å². The summed E-state index contributed by atoms with van der Waals surface area (Å²) < 4.78 is 0. The van der Waals surface area contributed by atoms with Gasteiger partial charge in [-0.05, 0) is 30.5 Å². The zero-order chi connectivity index (χ0) is 12.8. The van der Waals surface area contributed by atoms with Crippen molar-refractivity contribution in [1.82, 2.24) is 5.32 Å². The van der Waals surface area contributed by atoms with Crippen LogP contribution in [-0.4, -0.2) is 18.3 Å². The minimum atomic E-state index is 0.116. The van der Waals surface area contributed by atoms with E-state index in [2.05, 4.69) is 5.32 Å². The molecule has 2 rings (SSSR count). The van der Waals surface area contributed by atoms with Gasteiger partial charge in [0.2, 0.25) is 0 Å². The summed E-state index contributed by atoms with van der Waals surface area (Å²) in [5, 5.41) is 13.9. The first-order chi connectivity index (χ1) is 8.74. The lowest BCUT2D eigenvalue weighted by Crippen LogP contribution is -2.38. The molecular formula is C15H22ClNO. The van der Waals surface area contributed by atoms with Crippen LogP contribution < -0.4 is 5.32 Å². The summed E-state index contributed by atoms with van der Waals surface area (Å²) in [5.74, 6) is 0. The van der Waals surface area contributed by atoms with E-state index in [9.17, 15) is 5.11 Å². The Morgan fingerprint density at radius 3 is 2.39 bits per heavy atom. The van der Waals surface area contributed by atoms with Crippen molar-refractivity contribution in [3.8, 4) is 0 Å². The third-order valence-electron chi connectivity index (χ3n) is 3.99. The van der Waals surface area contributed by atoms with Crippen LogP contribution in [0.4, 0.5) is 0 Å². The highest BCUT2D eigenvalue weighted by atomic mass is 35.5. The smallest absolute Gasteiger partial charge is 0.0499 e. The summed E-state index contributed by atoms with van der Waals surface area (Å²) >= 11 is 5.86. The summed E-state index contributed by atoms with van der Waals surface area (Å²) in [4.78, 5) is 0. The highest BCUT2D eigenvalue weighted by Gasteiger charge is 2.30. The van der Waals surface area contributed by atoms with E-state index in [-0.39, 0.29) is 5.41 Å². The highest BCUT2D eigenvalue weighted by Crippen LogP contribution is 2.35. The highest BCUT2D eigenvalue weighted by molar-refractivity contribution is 6.30.